The fourth-order valence-electron chi connectivity index (χ4n) is 5.99. The normalized spacial score (nSPS) is 14.9. The number of hydrogen-bond donors (Lipinski definition) is 0. The van der Waals surface area contributed by atoms with Gasteiger partial charge in [0.1, 0.15) is 22.1 Å². The second kappa shape index (κ2) is 8.19. The minimum Gasteiger partial charge on any atom is -0.268 e. The third-order valence-corrected chi connectivity index (χ3v) is 10.4. The fraction of sp³-hybridized carbons (Fsp3) is 0.286. The first-order valence-corrected chi connectivity index (χ1v) is 14.1. The summed E-state index contributed by atoms with van der Waals surface area (Å²) in [6, 6.07) is 7.02. The Morgan fingerprint density at radius 3 is 1.26 bits per heavy atom. The van der Waals surface area contributed by atoms with Crippen LogP contribution in [-0.4, -0.2) is 9.13 Å². The largest absolute Gasteiger partial charge is 0.268 e. The number of aromatic nitrogens is 2. The number of aryl methyl sites for hydroxylation is 2. The Kier molecular flexibility index (Phi) is 4.96. The van der Waals surface area contributed by atoms with E-state index in [2.05, 4.69) is 12.1 Å². The van der Waals surface area contributed by atoms with Crippen LogP contribution in [-0.2, 0) is 25.7 Å². The summed E-state index contributed by atoms with van der Waals surface area (Å²) < 4.78 is 2.05. The molecule has 0 aliphatic heterocycles. The first kappa shape index (κ1) is 23.0. The first-order valence-electron chi connectivity index (χ1n) is 12.5. The molecule has 2 aliphatic carbocycles. The zero-order valence-corrected chi connectivity index (χ0v) is 21.7. The molecule has 10 heteroatoms. The minimum atomic E-state index is -0.606. The van der Waals surface area contributed by atoms with Crippen LogP contribution in [0.2, 0.25) is 0 Å². The monoisotopic (exact) mass is 538 g/mol. The summed E-state index contributed by atoms with van der Waals surface area (Å²) in [7, 11) is 0. The van der Waals surface area contributed by atoms with Crippen LogP contribution in [0.1, 0.15) is 57.7 Å². The molecular weight excluding hydrogens is 520 g/mol. The van der Waals surface area contributed by atoms with E-state index in [1.165, 1.54) is 34.8 Å². The first-order chi connectivity index (χ1) is 18.4. The SMILES string of the molecule is N#Cc1c(-n2c(=O)c3cc4c(=O)n(-c5sc6c(c5C#N)CCCC6)c(=O)c4cc3c2=O)sc2c1CCCC2. The maximum Gasteiger partial charge on any atom is 0.266 e. The van der Waals surface area contributed by atoms with Crippen LogP contribution in [0.15, 0.2) is 31.3 Å². The molecule has 1 aromatic carbocycles. The number of rotatable bonds is 2. The maximum absolute atomic E-state index is 13.5. The van der Waals surface area contributed by atoms with Gasteiger partial charge in [0.2, 0.25) is 0 Å². The number of benzene rings is 1. The summed E-state index contributed by atoms with van der Waals surface area (Å²) in [5, 5.41) is 20.5. The molecule has 0 unspecified atom stereocenters. The molecule has 0 saturated carbocycles. The Balaban J connectivity index is 1.49. The van der Waals surface area contributed by atoms with Crippen molar-refractivity contribution in [1.29, 1.82) is 10.5 Å². The zero-order chi connectivity index (χ0) is 26.3. The lowest BCUT2D eigenvalue weighted by molar-refractivity contribution is 0.695. The maximum atomic E-state index is 13.5. The van der Waals surface area contributed by atoms with Crippen molar-refractivity contribution in [3.63, 3.8) is 0 Å². The van der Waals surface area contributed by atoms with E-state index in [9.17, 15) is 29.7 Å². The number of nitrogens with zero attached hydrogens (tertiary/aromatic N) is 4. The van der Waals surface area contributed by atoms with Gasteiger partial charge in [0.05, 0.1) is 32.7 Å². The van der Waals surface area contributed by atoms with Gasteiger partial charge in [-0.3, -0.25) is 19.2 Å². The average molecular weight is 539 g/mol. The van der Waals surface area contributed by atoms with Crippen LogP contribution < -0.4 is 22.2 Å². The summed E-state index contributed by atoms with van der Waals surface area (Å²) in [5.41, 5.74) is 0.108. The van der Waals surface area contributed by atoms with Gasteiger partial charge in [-0.15, -0.1) is 22.7 Å². The van der Waals surface area contributed by atoms with Crippen LogP contribution >= 0.6 is 22.7 Å². The van der Waals surface area contributed by atoms with E-state index in [-0.39, 0.29) is 21.5 Å². The van der Waals surface area contributed by atoms with Crippen molar-refractivity contribution in [3.8, 4) is 22.1 Å². The second-order valence-electron chi connectivity index (χ2n) is 9.84. The summed E-state index contributed by atoms with van der Waals surface area (Å²) in [5.74, 6) is 0. The molecular formula is C28H18N4O4S2. The molecule has 4 aromatic heterocycles. The highest BCUT2D eigenvalue weighted by Crippen LogP contribution is 2.37. The molecule has 4 heterocycles. The van der Waals surface area contributed by atoms with Crippen LogP contribution in [0.3, 0.4) is 0 Å². The van der Waals surface area contributed by atoms with Gasteiger partial charge in [0, 0.05) is 9.75 Å². The molecule has 38 heavy (non-hydrogen) atoms. The van der Waals surface area contributed by atoms with E-state index in [0.29, 0.717) is 21.1 Å². The predicted octanol–water partition coefficient (Wildman–Crippen LogP) is 3.51. The highest BCUT2D eigenvalue weighted by atomic mass is 32.1. The smallest absolute Gasteiger partial charge is 0.266 e. The molecule has 5 aromatic rings. The van der Waals surface area contributed by atoms with Crippen molar-refractivity contribution in [3.05, 3.63) is 85.6 Å². The second-order valence-corrected chi connectivity index (χ2v) is 12.0. The molecule has 2 aliphatic rings. The Bertz CT molecular complexity index is 1920. The van der Waals surface area contributed by atoms with Crippen LogP contribution in [0.4, 0.5) is 0 Å². The number of nitriles is 2. The van der Waals surface area contributed by atoms with E-state index >= 15 is 0 Å². The Hall–Kier alpha value is -4.12. The molecule has 0 fully saturated rings. The van der Waals surface area contributed by atoms with Crippen molar-refractivity contribution >= 4 is 44.2 Å². The van der Waals surface area contributed by atoms with Crippen molar-refractivity contribution in [2.24, 2.45) is 0 Å². The summed E-state index contributed by atoms with van der Waals surface area (Å²) in [4.78, 5) is 56.1. The van der Waals surface area contributed by atoms with Gasteiger partial charge in [-0.2, -0.15) is 10.5 Å². The third-order valence-electron chi connectivity index (χ3n) is 7.83. The van der Waals surface area contributed by atoms with Crippen LogP contribution in [0.25, 0.3) is 31.5 Å². The van der Waals surface area contributed by atoms with E-state index in [1.54, 1.807) is 0 Å². The summed E-state index contributed by atoms with van der Waals surface area (Å²) in [6.07, 6.45) is 6.98. The van der Waals surface area contributed by atoms with Crippen molar-refractivity contribution in [1.82, 2.24) is 9.13 Å². The molecule has 0 N–H and O–H groups in total. The molecule has 0 amide bonds. The highest BCUT2D eigenvalue weighted by molar-refractivity contribution is 7.15. The van der Waals surface area contributed by atoms with Gasteiger partial charge in [-0.05, 0) is 74.6 Å². The third kappa shape index (κ3) is 2.93. The number of hydrogen-bond acceptors (Lipinski definition) is 8. The highest BCUT2D eigenvalue weighted by Gasteiger charge is 2.28. The van der Waals surface area contributed by atoms with E-state index < -0.39 is 22.2 Å². The van der Waals surface area contributed by atoms with Gasteiger partial charge in [-0.25, -0.2) is 9.13 Å². The van der Waals surface area contributed by atoms with Crippen molar-refractivity contribution < 1.29 is 0 Å². The minimum absolute atomic E-state index is 0.0398. The van der Waals surface area contributed by atoms with Crippen LogP contribution in [0, 0.1) is 22.7 Å². The predicted molar refractivity (Wildman–Crippen MR) is 146 cm³/mol. The Labute approximate surface area is 222 Å². The topological polar surface area (TPSA) is 126 Å². The van der Waals surface area contributed by atoms with E-state index in [4.69, 9.17) is 0 Å². The molecule has 186 valence electrons. The number of thiophene rings is 2. The lowest BCUT2D eigenvalue weighted by Crippen LogP contribution is -2.24. The lowest BCUT2D eigenvalue weighted by Gasteiger charge is -2.09. The Morgan fingerprint density at radius 2 is 0.921 bits per heavy atom. The zero-order valence-electron chi connectivity index (χ0n) is 20.0. The Morgan fingerprint density at radius 1 is 0.579 bits per heavy atom. The lowest BCUT2D eigenvalue weighted by atomic mass is 9.96. The van der Waals surface area contributed by atoms with Gasteiger partial charge < -0.3 is 0 Å². The molecule has 0 bridgehead atoms. The quantitative estimate of drug-likeness (QED) is 0.339. The average Bonchev–Trinajstić information content (AvgIpc) is 3.62. The van der Waals surface area contributed by atoms with Gasteiger partial charge >= 0.3 is 0 Å². The fourth-order valence-corrected chi connectivity index (χ4v) is 8.66. The van der Waals surface area contributed by atoms with Gasteiger partial charge in [0.15, 0.2) is 0 Å². The summed E-state index contributed by atoms with van der Waals surface area (Å²) in [6.45, 7) is 0. The van der Waals surface area contributed by atoms with Crippen molar-refractivity contribution in [2.45, 2.75) is 51.4 Å². The molecule has 0 saturated heterocycles. The van der Waals surface area contributed by atoms with Crippen molar-refractivity contribution in [2.75, 3.05) is 0 Å². The molecule has 0 radical (unpaired) electrons. The standard InChI is InChI=1S/C28H18N4O4S2/c29-11-19-13-5-1-3-7-21(13)37-27(19)31-23(33)15-9-17-18(10-16(15)24(31)34)26(36)32(25(17)35)28-20(12-30)14-6-2-4-8-22(14)38-28/h9-10H,1-8H2. The number of fused-ring (bicyclic) bond motifs is 4. The van der Waals surface area contributed by atoms with Gasteiger partial charge in [0.25, 0.3) is 22.2 Å². The van der Waals surface area contributed by atoms with Crippen LogP contribution in [0.5, 0.6) is 0 Å². The van der Waals surface area contributed by atoms with Gasteiger partial charge in [-0.1, -0.05) is 0 Å². The van der Waals surface area contributed by atoms with E-state index in [0.717, 1.165) is 81.4 Å². The van der Waals surface area contributed by atoms with E-state index in [1.807, 2.05) is 0 Å². The molecule has 7 rings (SSSR count). The molecule has 0 atom stereocenters. The molecule has 8 nitrogen and oxygen atoms in total. The molecule has 0 spiro atoms. The summed E-state index contributed by atoms with van der Waals surface area (Å²) >= 11 is 2.59.